The third-order valence-electron chi connectivity index (χ3n) is 1.46. The molecule has 0 aliphatic carbocycles. The Hall–Kier alpha value is -1.84. The number of nitrogens with one attached hydrogen (secondary N) is 1. The zero-order valence-electron chi connectivity index (χ0n) is 6.37. The second-order valence-corrected chi connectivity index (χ2v) is 2.36. The summed E-state index contributed by atoms with van der Waals surface area (Å²) in [6, 6.07) is 6.35. The van der Waals surface area contributed by atoms with Gasteiger partial charge in [0.25, 0.3) is 0 Å². The fraction of sp³-hybridized carbons (Fsp3) is 0. The Kier molecular flexibility index (Phi) is 2.09. The minimum atomic E-state index is -0.516. The molecular formula is C8H9N3O. The maximum atomic E-state index is 10.7. The van der Waals surface area contributed by atoms with E-state index in [0.29, 0.717) is 11.1 Å². The zero-order valence-corrected chi connectivity index (χ0v) is 6.37. The molecule has 0 heterocycles. The van der Waals surface area contributed by atoms with Gasteiger partial charge in [0.15, 0.2) is 0 Å². The van der Waals surface area contributed by atoms with E-state index in [1.807, 2.05) is 0 Å². The van der Waals surface area contributed by atoms with Gasteiger partial charge < -0.3 is 11.5 Å². The van der Waals surface area contributed by atoms with Gasteiger partial charge in [-0.05, 0) is 12.1 Å². The van der Waals surface area contributed by atoms with Gasteiger partial charge in [0.1, 0.15) is 5.84 Å². The van der Waals surface area contributed by atoms with E-state index in [1.54, 1.807) is 18.2 Å². The summed E-state index contributed by atoms with van der Waals surface area (Å²) in [5.41, 5.74) is 11.1. The fourth-order valence-electron chi connectivity index (χ4n) is 0.840. The van der Waals surface area contributed by atoms with E-state index in [-0.39, 0.29) is 5.84 Å². The van der Waals surface area contributed by atoms with Gasteiger partial charge in [0.2, 0.25) is 5.91 Å². The van der Waals surface area contributed by atoms with Gasteiger partial charge in [0.05, 0.1) is 0 Å². The van der Waals surface area contributed by atoms with Gasteiger partial charge >= 0.3 is 0 Å². The van der Waals surface area contributed by atoms with Crippen molar-refractivity contribution in [2.24, 2.45) is 11.5 Å². The molecule has 0 radical (unpaired) electrons. The third kappa shape index (κ3) is 1.60. The van der Waals surface area contributed by atoms with Crippen molar-refractivity contribution in [1.29, 1.82) is 5.41 Å². The topological polar surface area (TPSA) is 93.0 Å². The molecule has 0 aliphatic heterocycles. The molecule has 0 aromatic heterocycles. The number of hydrogen-bond acceptors (Lipinski definition) is 2. The second-order valence-electron chi connectivity index (χ2n) is 2.36. The highest BCUT2D eigenvalue weighted by Gasteiger charge is 2.01. The predicted octanol–water partition coefficient (Wildman–Crippen LogP) is 0.0696. The fourth-order valence-corrected chi connectivity index (χ4v) is 0.840. The molecule has 62 valence electrons. The van der Waals surface area contributed by atoms with Crippen LogP contribution in [-0.2, 0) is 0 Å². The average molecular weight is 163 g/mol. The van der Waals surface area contributed by atoms with Crippen molar-refractivity contribution in [3.8, 4) is 0 Å². The number of carbonyl (C=O) groups excluding carboxylic acids is 1. The Morgan fingerprint density at radius 2 is 1.83 bits per heavy atom. The summed E-state index contributed by atoms with van der Waals surface area (Å²) in [5, 5.41) is 7.10. The Labute approximate surface area is 69.7 Å². The van der Waals surface area contributed by atoms with Crippen molar-refractivity contribution in [3.63, 3.8) is 0 Å². The Morgan fingerprint density at radius 3 is 2.33 bits per heavy atom. The van der Waals surface area contributed by atoms with E-state index in [9.17, 15) is 4.79 Å². The lowest BCUT2D eigenvalue weighted by Gasteiger charge is -1.99. The van der Waals surface area contributed by atoms with E-state index in [2.05, 4.69) is 0 Å². The van der Waals surface area contributed by atoms with Gasteiger partial charge in [-0.3, -0.25) is 10.2 Å². The van der Waals surface area contributed by atoms with Crippen LogP contribution in [0.15, 0.2) is 24.3 Å². The maximum Gasteiger partial charge on any atom is 0.248 e. The first-order chi connectivity index (χ1) is 5.61. The highest BCUT2D eigenvalue weighted by molar-refractivity contribution is 5.99. The number of benzene rings is 1. The molecule has 0 aliphatic rings. The molecule has 4 heteroatoms. The molecule has 5 N–H and O–H groups in total. The summed E-state index contributed by atoms with van der Waals surface area (Å²) in [6.07, 6.45) is 0. The third-order valence-corrected chi connectivity index (χ3v) is 1.46. The van der Waals surface area contributed by atoms with Crippen molar-refractivity contribution in [1.82, 2.24) is 0 Å². The lowest BCUT2D eigenvalue weighted by atomic mass is 10.1. The van der Waals surface area contributed by atoms with Crippen molar-refractivity contribution >= 4 is 11.7 Å². The highest BCUT2D eigenvalue weighted by Crippen LogP contribution is 2.03. The number of carbonyl (C=O) groups is 1. The minimum absolute atomic E-state index is 0.0712. The lowest BCUT2D eigenvalue weighted by molar-refractivity contribution is 0.100. The first-order valence-corrected chi connectivity index (χ1v) is 3.35. The summed E-state index contributed by atoms with van der Waals surface area (Å²) in [5.74, 6) is -0.587. The molecule has 0 atom stereocenters. The number of amides is 1. The summed E-state index contributed by atoms with van der Waals surface area (Å²) in [4.78, 5) is 10.7. The molecule has 0 bridgehead atoms. The van der Waals surface area contributed by atoms with Crippen LogP contribution in [0.5, 0.6) is 0 Å². The van der Waals surface area contributed by atoms with Crippen LogP contribution in [0, 0.1) is 5.41 Å². The first kappa shape index (κ1) is 8.26. The Bertz CT molecular complexity index is 304. The van der Waals surface area contributed by atoms with E-state index in [0.717, 1.165) is 0 Å². The van der Waals surface area contributed by atoms with Gasteiger partial charge in [-0.25, -0.2) is 0 Å². The summed E-state index contributed by atoms with van der Waals surface area (Å²) >= 11 is 0. The molecule has 12 heavy (non-hydrogen) atoms. The summed E-state index contributed by atoms with van der Waals surface area (Å²) in [6.45, 7) is 0. The predicted molar refractivity (Wildman–Crippen MR) is 46.0 cm³/mol. The van der Waals surface area contributed by atoms with Crippen LogP contribution >= 0.6 is 0 Å². The number of rotatable bonds is 2. The number of nitrogen functional groups attached to an aromatic ring is 1. The van der Waals surface area contributed by atoms with Crippen LogP contribution in [-0.4, -0.2) is 11.7 Å². The SMILES string of the molecule is N=C(N)c1cccc(C(N)=O)c1. The van der Waals surface area contributed by atoms with Crippen LogP contribution in [0.3, 0.4) is 0 Å². The van der Waals surface area contributed by atoms with Crippen LogP contribution in [0.2, 0.25) is 0 Å². The number of nitrogens with two attached hydrogens (primary N) is 2. The molecule has 1 amide bonds. The Morgan fingerprint density at radius 1 is 1.25 bits per heavy atom. The van der Waals surface area contributed by atoms with Crippen molar-refractivity contribution in [2.75, 3.05) is 0 Å². The molecule has 0 saturated carbocycles. The highest BCUT2D eigenvalue weighted by atomic mass is 16.1. The van der Waals surface area contributed by atoms with Crippen LogP contribution in [0.1, 0.15) is 15.9 Å². The largest absolute Gasteiger partial charge is 0.384 e. The number of hydrogen-bond donors (Lipinski definition) is 3. The van der Waals surface area contributed by atoms with Crippen molar-refractivity contribution in [3.05, 3.63) is 35.4 Å². The first-order valence-electron chi connectivity index (χ1n) is 3.35. The van der Waals surface area contributed by atoms with Gasteiger partial charge in [-0.2, -0.15) is 0 Å². The zero-order chi connectivity index (χ0) is 9.14. The number of amidine groups is 1. The minimum Gasteiger partial charge on any atom is -0.384 e. The van der Waals surface area contributed by atoms with E-state index >= 15 is 0 Å². The van der Waals surface area contributed by atoms with Crippen LogP contribution < -0.4 is 11.5 Å². The van der Waals surface area contributed by atoms with Crippen LogP contribution in [0.25, 0.3) is 0 Å². The van der Waals surface area contributed by atoms with Gasteiger partial charge in [-0.1, -0.05) is 12.1 Å². The molecule has 0 saturated heterocycles. The number of primary amides is 1. The molecule has 0 unspecified atom stereocenters. The second kappa shape index (κ2) is 3.04. The van der Waals surface area contributed by atoms with E-state index in [4.69, 9.17) is 16.9 Å². The molecular weight excluding hydrogens is 154 g/mol. The van der Waals surface area contributed by atoms with Gasteiger partial charge in [-0.15, -0.1) is 0 Å². The molecule has 0 spiro atoms. The molecule has 1 aromatic carbocycles. The summed E-state index contributed by atoms with van der Waals surface area (Å²) in [7, 11) is 0. The maximum absolute atomic E-state index is 10.7. The monoisotopic (exact) mass is 163 g/mol. The van der Waals surface area contributed by atoms with Crippen molar-refractivity contribution in [2.45, 2.75) is 0 Å². The van der Waals surface area contributed by atoms with E-state index in [1.165, 1.54) is 6.07 Å². The Balaban J connectivity index is 3.12. The van der Waals surface area contributed by atoms with Crippen LogP contribution in [0.4, 0.5) is 0 Å². The van der Waals surface area contributed by atoms with Crippen molar-refractivity contribution < 1.29 is 4.79 Å². The molecule has 1 aromatic rings. The summed E-state index contributed by atoms with van der Waals surface area (Å²) < 4.78 is 0. The lowest BCUT2D eigenvalue weighted by Crippen LogP contribution is -2.15. The smallest absolute Gasteiger partial charge is 0.248 e. The average Bonchev–Trinajstić information content (AvgIpc) is 2.04. The van der Waals surface area contributed by atoms with Gasteiger partial charge in [0, 0.05) is 11.1 Å². The molecule has 4 nitrogen and oxygen atoms in total. The molecule has 0 fully saturated rings. The normalized spacial score (nSPS) is 9.33. The molecule has 1 rings (SSSR count). The quantitative estimate of drug-likeness (QED) is 0.425. The standard InChI is InChI=1S/C8H9N3O/c9-7(10)5-2-1-3-6(4-5)8(11)12/h1-4H,(H3,9,10)(H2,11,12). The van der Waals surface area contributed by atoms with E-state index < -0.39 is 5.91 Å².